The van der Waals surface area contributed by atoms with E-state index in [4.69, 9.17) is 4.74 Å². The normalized spacial score (nSPS) is 17.7. The maximum atomic E-state index is 12.6. The molecule has 1 aromatic heterocycles. The van der Waals surface area contributed by atoms with Crippen molar-refractivity contribution in [3.8, 4) is 5.75 Å². The second kappa shape index (κ2) is 6.37. The van der Waals surface area contributed by atoms with Gasteiger partial charge >= 0.3 is 0 Å². The average molecular weight is 329 g/mol. The van der Waals surface area contributed by atoms with Crippen LogP contribution in [0.4, 0.5) is 5.69 Å². The molecule has 3 rings (SSSR count). The zero-order valence-electron chi connectivity index (χ0n) is 12.7. The van der Waals surface area contributed by atoms with Crippen molar-refractivity contribution >= 4 is 29.3 Å². The molecule has 1 atom stereocenters. The molecule has 2 heterocycles. The number of amides is 2. The van der Waals surface area contributed by atoms with Crippen LogP contribution in [0.2, 0.25) is 0 Å². The van der Waals surface area contributed by atoms with Gasteiger partial charge in [-0.25, -0.2) is 14.9 Å². The Labute approximate surface area is 137 Å². The van der Waals surface area contributed by atoms with E-state index >= 15 is 0 Å². The van der Waals surface area contributed by atoms with Crippen LogP contribution in [0.15, 0.2) is 41.7 Å². The van der Waals surface area contributed by atoms with E-state index in [1.807, 2.05) is 6.92 Å². The lowest BCUT2D eigenvalue weighted by atomic mass is 10.3. The number of imide groups is 1. The number of rotatable bonds is 4. The number of anilines is 1. The topological polar surface area (TPSA) is 72.4 Å². The predicted octanol–water partition coefficient (Wildman–Crippen LogP) is 2.22. The Balaban J connectivity index is 1.79. The first kappa shape index (κ1) is 15.5. The summed E-state index contributed by atoms with van der Waals surface area (Å²) in [4.78, 5) is 34.4. The molecular formula is C16H15N3O3S. The molecule has 0 N–H and O–H groups in total. The van der Waals surface area contributed by atoms with Crippen LogP contribution in [-0.2, 0) is 9.59 Å². The minimum atomic E-state index is -0.494. The van der Waals surface area contributed by atoms with Crippen molar-refractivity contribution in [1.29, 1.82) is 0 Å². The minimum Gasteiger partial charge on any atom is -0.497 e. The van der Waals surface area contributed by atoms with Gasteiger partial charge in [0.15, 0.2) is 5.16 Å². The molecule has 23 heavy (non-hydrogen) atoms. The van der Waals surface area contributed by atoms with E-state index < -0.39 is 5.25 Å². The summed E-state index contributed by atoms with van der Waals surface area (Å²) >= 11 is 1.22. The number of aryl methyl sites for hydroxylation is 1. The Bertz CT molecular complexity index is 748. The third-order valence-electron chi connectivity index (χ3n) is 3.46. The number of carbonyl (C=O) groups is 2. The summed E-state index contributed by atoms with van der Waals surface area (Å²) in [6, 6.07) is 8.63. The Kier molecular flexibility index (Phi) is 4.29. The van der Waals surface area contributed by atoms with Crippen LogP contribution in [0.25, 0.3) is 0 Å². The van der Waals surface area contributed by atoms with E-state index in [0.29, 0.717) is 16.6 Å². The Morgan fingerprint density at radius 2 is 1.96 bits per heavy atom. The van der Waals surface area contributed by atoms with Gasteiger partial charge in [0.1, 0.15) is 11.0 Å². The molecule has 1 aliphatic rings. The minimum absolute atomic E-state index is 0.146. The van der Waals surface area contributed by atoms with Gasteiger partial charge in [-0.1, -0.05) is 11.8 Å². The number of carbonyl (C=O) groups excluding carboxylic acids is 2. The first-order valence-corrected chi connectivity index (χ1v) is 7.93. The highest BCUT2D eigenvalue weighted by Crippen LogP contribution is 2.33. The van der Waals surface area contributed by atoms with Crippen LogP contribution in [0.5, 0.6) is 5.75 Å². The highest BCUT2D eigenvalue weighted by Gasteiger charge is 2.40. The maximum Gasteiger partial charge on any atom is 0.247 e. The Hall–Kier alpha value is -2.41. The van der Waals surface area contributed by atoms with E-state index in [9.17, 15) is 9.59 Å². The first-order chi connectivity index (χ1) is 11.1. The fourth-order valence-corrected chi connectivity index (χ4v) is 3.31. The summed E-state index contributed by atoms with van der Waals surface area (Å²) < 4.78 is 5.09. The molecule has 1 saturated heterocycles. The van der Waals surface area contributed by atoms with E-state index in [2.05, 4.69) is 9.97 Å². The molecule has 2 amide bonds. The van der Waals surface area contributed by atoms with Gasteiger partial charge in [0.2, 0.25) is 11.8 Å². The second-order valence-corrected chi connectivity index (χ2v) is 6.23. The lowest BCUT2D eigenvalue weighted by Gasteiger charge is -2.15. The number of nitrogens with zero attached hydrogens (tertiary/aromatic N) is 3. The molecule has 0 radical (unpaired) electrons. The number of hydrogen-bond acceptors (Lipinski definition) is 6. The van der Waals surface area contributed by atoms with Gasteiger partial charge in [-0.15, -0.1) is 0 Å². The van der Waals surface area contributed by atoms with E-state index in [-0.39, 0.29) is 18.2 Å². The van der Waals surface area contributed by atoms with Crippen LogP contribution in [0, 0.1) is 6.92 Å². The second-order valence-electron chi connectivity index (χ2n) is 5.06. The molecule has 0 aliphatic carbocycles. The lowest BCUT2D eigenvalue weighted by molar-refractivity contribution is -0.121. The smallest absolute Gasteiger partial charge is 0.247 e. The summed E-state index contributed by atoms with van der Waals surface area (Å²) in [6.07, 6.45) is 1.79. The third kappa shape index (κ3) is 3.19. The van der Waals surface area contributed by atoms with E-state index in [1.54, 1.807) is 43.6 Å². The number of hydrogen-bond donors (Lipinski definition) is 0. The SMILES string of the molecule is COc1ccc(N2C(=O)C[C@H](Sc3nccc(C)n3)C2=O)cc1. The van der Waals surface area contributed by atoms with E-state index in [0.717, 1.165) is 5.69 Å². The third-order valence-corrected chi connectivity index (χ3v) is 4.52. The van der Waals surface area contributed by atoms with Crippen molar-refractivity contribution in [2.24, 2.45) is 0 Å². The molecule has 1 aliphatic heterocycles. The number of aromatic nitrogens is 2. The Morgan fingerprint density at radius 3 is 2.61 bits per heavy atom. The molecule has 0 saturated carbocycles. The zero-order valence-corrected chi connectivity index (χ0v) is 13.5. The molecule has 6 nitrogen and oxygen atoms in total. The highest BCUT2D eigenvalue weighted by atomic mass is 32.2. The molecule has 118 valence electrons. The van der Waals surface area contributed by atoms with E-state index in [1.165, 1.54) is 16.7 Å². The average Bonchev–Trinajstić information content (AvgIpc) is 2.81. The number of methoxy groups -OCH3 is 1. The van der Waals surface area contributed by atoms with Gasteiger partial charge in [-0.05, 0) is 37.3 Å². The molecule has 7 heteroatoms. The summed E-state index contributed by atoms with van der Waals surface area (Å²) in [5.74, 6) is 0.215. The summed E-state index contributed by atoms with van der Waals surface area (Å²) in [7, 11) is 1.57. The van der Waals surface area contributed by atoms with Gasteiger partial charge in [0, 0.05) is 18.3 Å². The van der Waals surface area contributed by atoms with Crippen molar-refractivity contribution in [2.75, 3.05) is 12.0 Å². The van der Waals surface area contributed by atoms with Crippen LogP contribution in [0.1, 0.15) is 12.1 Å². The predicted molar refractivity (Wildman–Crippen MR) is 86.5 cm³/mol. The van der Waals surface area contributed by atoms with Crippen LogP contribution >= 0.6 is 11.8 Å². The summed E-state index contributed by atoms with van der Waals surface area (Å²) in [5, 5.41) is 0.0131. The lowest BCUT2D eigenvalue weighted by Crippen LogP contribution is -2.31. The molecule has 2 aromatic rings. The summed E-state index contributed by atoms with van der Waals surface area (Å²) in [6.45, 7) is 1.86. The highest BCUT2D eigenvalue weighted by molar-refractivity contribution is 8.00. The van der Waals surface area contributed by atoms with Crippen LogP contribution in [0.3, 0.4) is 0 Å². The molecule has 1 fully saturated rings. The Morgan fingerprint density at radius 1 is 1.22 bits per heavy atom. The van der Waals surface area contributed by atoms with Crippen molar-refractivity contribution in [2.45, 2.75) is 23.8 Å². The number of thioether (sulfide) groups is 1. The molecule has 0 unspecified atom stereocenters. The maximum absolute atomic E-state index is 12.6. The fourth-order valence-electron chi connectivity index (χ4n) is 2.31. The monoisotopic (exact) mass is 329 g/mol. The van der Waals surface area contributed by atoms with Crippen molar-refractivity contribution in [3.05, 3.63) is 42.2 Å². The van der Waals surface area contributed by atoms with Gasteiger partial charge in [-0.3, -0.25) is 9.59 Å². The zero-order chi connectivity index (χ0) is 16.4. The largest absolute Gasteiger partial charge is 0.497 e. The van der Waals surface area contributed by atoms with Gasteiger partial charge in [0.25, 0.3) is 0 Å². The van der Waals surface area contributed by atoms with Crippen molar-refractivity contribution in [1.82, 2.24) is 9.97 Å². The fraction of sp³-hybridized carbons (Fsp3) is 0.250. The quantitative estimate of drug-likeness (QED) is 0.632. The standard InChI is InChI=1S/C16H15N3O3S/c1-10-7-8-17-16(18-10)23-13-9-14(20)19(15(13)21)11-3-5-12(22-2)6-4-11/h3-8,13H,9H2,1-2H3/t13-/m0/s1. The van der Waals surface area contributed by atoms with Crippen molar-refractivity contribution in [3.63, 3.8) is 0 Å². The molecule has 0 spiro atoms. The summed E-state index contributed by atoms with van der Waals surface area (Å²) in [5.41, 5.74) is 1.38. The first-order valence-electron chi connectivity index (χ1n) is 7.05. The molecule has 0 bridgehead atoms. The van der Waals surface area contributed by atoms with Crippen LogP contribution in [-0.4, -0.2) is 34.1 Å². The number of benzene rings is 1. The van der Waals surface area contributed by atoms with Gasteiger partial charge in [-0.2, -0.15) is 0 Å². The van der Waals surface area contributed by atoms with Crippen LogP contribution < -0.4 is 9.64 Å². The molecular weight excluding hydrogens is 314 g/mol. The number of ether oxygens (including phenoxy) is 1. The van der Waals surface area contributed by atoms with Crippen molar-refractivity contribution < 1.29 is 14.3 Å². The molecule has 1 aromatic carbocycles. The van der Waals surface area contributed by atoms with Gasteiger partial charge in [0.05, 0.1) is 12.8 Å². The van der Waals surface area contributed by atoms with Gasteiger partial charge < -0.3 is 4.74 Å².